The summed E-state index contributed by atoms with van der Waals surface area (Å²) in [6.45, 7) is 0.00651. The van der Waals surface area contributed by atoms with Crippen LogP contribution in [0.15, 0.2) is 30.3 Å². The molecule has 0 spiro atoms. The average Bonchev–Trinajstić information content (AvgIpc) is 2.62. The highest BCUT2D eigenvalue weighted by molar-refractivity contribution is 5.71. The number of ether oxygens (including phenoxy) is 2. The van der Waals surface area contributed by atoms with Crippen LogP contribution >= 0.6 is 0 Å². The molecule has 0 heterocycles. The summed E-state index contributed by atoms with van der Waals surface area (Å²) in [6.07, 6.45) is 11.7. The number of carbonyl (C=O) groups excluding carboxylic acids is 1. The molecule has 1 aromatic rings. The number of hydrogen-bond acceptors (Lipinski definition) is 3. The third-order valence-corrected chi connectivity index (χ3v) is 5.43. The summed E-state index contributed by atoms with van der Waals surface area (Å²) in [6, 6.07) is 9.42. The van der Waals surface area contributed by atoms with E-state index in [9.17, 15) is 4.79 Å². The highest BCUT2D eigenvalue weighted by Gasteiger charge is 2.29. The molecule has 2 aliphatic carbocycles. The Morgan fingerprint density at radius 1 is 0.870 bits per heavy atom. The molecule has 3 rings (SSSR count). The summed E-state index contributed by atoms with van der Waals surface area (Å²) < 4.78 is 11.0. The minimum Gasteiger partial charge on any atom is -0.482 e. The van der Waals surface area contributed by atoms with Crippen LogP contribution in [0.3, 0.4) is 0 Å². The number of benzene rings is 1. The first-order valence-corrected chi connectivity index (χ1v) is 9.18. The Balaban J connectivity index is 1.35. The third kappa shape index (κ3) is 4.98. The maximum Gasteiger partial charge on any atom is 0.344 e. The molecular formula is C20H28O3. The molecule has 0 bridgehead atoms. The first-order valence-electron chi connectivity index (χ1n) is 9.18. The van der Waals surface area contributed by atoms with Gasteiger partial charge >= 0.3 is 5.97 Å². The van der Waals surface area contributed by atoms with Crippen molar-refractivity contribution in [3.05, 3.63) is 30.3 Å². The van der Waals surface area contributed by atoms with Gasteiger partial charge < -0.3 is 9.47 Å². The van der Waals surface area contributed by atoms with Gasteiger partial charge in [-0.05, 0) is 49.7 Å². The molecule has 126 valence electrons. The summed E-state index contributed by atoms with van der Waals surface area (Å²) in [5.41, 5.74) is 0. The maximum absolute atomic E-state index is 11.9. The molecule has 2 saturated carbocycles. The Morgan fingerprint density at radius 2 is 1.52 bits per heavy atom. The number of para-hydroxylation sites is 1. The molecule has 3 heteroatoms. The third-order valence-electron chi connectivity index (χ3n) is 5.43. The Hall–Kier alpha value is -1.51. The molecule has 2 fully saturated rings. The number of esters is 1. The highest BCUT2D eigenvalue weighted by Crippen LogP contribution is 2.38. The Bertz CT molecular complexity index is 471. The first kappa shape index (κ1) is 16.4. The fraction of sp³-hybridized carbons (Fsp3) is 0.650. The molecule has 0 atom stereocenters. The van der Waals surface area contributed by atoms with E-state index in [1.165, 1.54) is 44.9 Å². The Kier molecular flexibility index (Phi) is 5.95. The Labute approximate surface area is 139 Å². The molecule has 0 amide bonds. The van der Waals surface area contributed by atoms with E-state index in [2.05, 4.69) is 0 Å². The van der Waals surface area contributed by atoms with Gasteiger partial charge in [0.25, 0.3) is 0 Å². The van der Waals surface area contributed by atoms with Crippen LogP contribution < -0.4 is 4.74 Å². The number of hydrogen-bond donors (Lipinski definition) is 0. The summed E-state index contributed by atoms with van der Waals surface area (Å²) in [4.78, 5) is 11.9. The van der Waals surface area contributed by atoms with E-state index in [0.29, 0.717) is 5.75 Å². The van der Waals surface area contributed by atoms with Crippen LogP contribution in [-0.2, 0) is 9.53 Å². The SMILES string of the molecule is O=C(COc1ccccc1)OC1CCC(C2CCCCC2)CC1. The van der Waals surface area contributed by atoms with Gasteiger partial charge in [-0.25, -0.2) is 4.79 Å². The fourth-order valence-electron chi connectivity index (χ4n) is 4.16. The molecule has 0 radical (unpaired) electrons. The smallest absolute Gasteiger partial charge is 0.344 e. The van der Waals surface area contributed by atoms with Crippen molar-refractivity contribution in [2.24, 2.45) is 11.8 Å². The summed E-state index contributed by atoms with van der Waals surface area (Å²) in [5.74, 6) is 2.27. The second-order valence-electron chi connectivity index (χ2n) is 7.03. The van der Waals surface area contributed by atoms with Crippen LogP contribution in [0.4, 0.5) is 0 Å². The minimum absolute atomic E-state index is 0.00651. The van der Waals surface area contributed by atoms with E-state index < -0.39 is 0 Å². The lowest BCUT2D eigenvalue weighted by atomic mass is 9.73. The molecule has 0 aliphatic heterocycles. The van der Waals surface area contributed by atoms with E-state index >= 15 is 0 Å². The van der Waals surface area contributed by atoms with Crippen molar-refractivity contribution >= 4 is 5.97 Å². The van der Waals surface area contributed by atoms with Crippen molar-refractivity contribution in [2.45, 2.75) is 63.9 Å². The van der Waals surface area contributed by atoms with Crippen LogP contribution in [0.25, 0.3) is 0 Å². The van der Waals surface area contributed by atoms with Crippen LogP contribution in [0.5, 0.6) is 5.75 Å². The van der Waals surface area contributed by atoms with E-state index in [0.717, 1.165) is 24.7 Å². The van der Waals surface area contributed by atoms with E-state index in [4.69, 9.17) is 9.47 Å². The minimum atomic E-state index is -0.241. The van der Waals surface area contributed by atoms with Crippen molar-refractivity contribution < 1.29 is 14.3 Å². The van der Waals surface area contributed by atoms with Crippen molar-refractivity contribution in [2.75, 3.05) is 6.61 Å². The van der Waals surface area contributed by atoms with Crippen LogP contribution in [0.1, 0.15) is 57.8 Å². The van der Waals surface area contributed by atoms with Crippen LogP contribution in [0.2, 0.25) is 0 Å². The van der Waals surface area contributed by atoms with E-state index in [1.54, 1.807) is 0 Å². The lowest BCUT2D eigenvalue weighted by Crippen LogP contribution is -2.30. The van der Waals surface area contributed by atoms with Crippen LogP contribution in [-0.4, -0.2) is 18.7 Å². The summed E-state index contributed by atoms with van der Waals surface area (Å²) >= 11 is 0. The van der Waals surface area contributed by atoms with E-state index in [1.807, 2.05) is 30.3 Å². The maximum atomic E-state index is 11.9. The lowest BCUT2D eigenvalue weighted by molar-refractivity contribution is -0.153. The second kappa shape index (κ2) is 8.37. The lowest BCUT2D eigenvalue weighted by Gasteiger charge is -2.35. The zero-order valence-corrected chi connectivity index (χ0v) is 13.9. The van der Waals surface area contributed by atoms with Gasteiger partial charge in [-0.15, -0.1) is 0 Å². The topological polar surface area (TPSA) is 35.5 Å². The molecule has 0 unspecified atom stereocenters. The monoisotopic (exact) mass is 316 g/mol. The van der Waals surface area contributed by atoms with Crippen molar-refractivity contribution in [3.8, 4) is 5.75 Å². The molecular weight excluding hydrogens is 288 g/mol. The van der Waals surface area contributed by atoms with Crippen molar-refractivity contribution in [3.63, 3.8) is 0 Å². The van der Waals surface area contributed by atoms with Crippen molar-refractivity contribution in [1.82, 2.24) is 0 Å². The van der Waals surface area contributed by atoms with Gasteiger partial charge in [-0.3, -0.25) is 0 Å². The van der Waals surface area contributed by atoms with Gasteiger partial charge in [0.05, 0.1) is 0 Å². The normalized spacial score (nSPS) is 25.7. The second-order valence-corrected chi connectivity index (χ2v) is 7.03. The molecule has 2 aliphatic rings. The molecule has 3 nitrogen and oxygen atoms in total. The molecule has 1 aromatic carbocycles. The standard InChI is InChI=1S/C20H28O3/c21-20(15-22-18-9-5-2-6-10-18)23-19-13-11-17(12-14-19)16-7-3-1-4-8-16/h2,5-6,9-10,16-17,19H,1,3-4,7-8,11-15H2. The fourth-order valence-corrected chi connectivity index (χ4v) is 4.16. The van der Waals surface area contributed by atoms with Gasteiger partial charge in [0.2, 0.25) is 0 Å². The zero-order valence-electron chi connectivity index (χ0n) is 13.9. The number of rotatable bonds is 5. The van der Waals surface area contributed by atoms with Gasteiger partial charge in [0, 0.05) is 0 Å². The quantitative estimate of drug-likeness (QED) is 0.736. The van der Waals surface area contributed by atoms with Gasteiger partial charge in [0.1, 0.15) is 11.9 Å². The van der Waals surface area contributed by atoms with Crippen molar-refractivity contribution in [1.29, 1.82) is 0 Å². The zero-order chi connectivity index (χ0) is 15.9. The van der Waals surface area contributed by atoms with Gasteiger partial charge in [-0.2, -0.15) is 0 Å². The predicted molar refractivity (Wildman–Crippen MR) is 90.4 cm³/mol. The molecule has 0 saturated heterocycles. The van der Waals surface area contributed by atoms with Gasteiger partial charge in [0.15, 0.2) is 6.61 Å². The molecule has 0 aromatic heterocycles. The Morgan fingerprint density at radius 3 is 2.22 bits per heavy atom. The summed E-state index contributed by atoms with van der Waals surface area (Å²) in [5, 5.41) is 0. The van der Waals surface area contributed by atoms with Crippen LogP contribution in [0, 0.1) is 11.8 Å². The first-order chi connectivity index (χ1) is 11.3. The van der Waals surface area contributed by atoms with E-state index in [-0.39, 0.29) is 18.7 Å². The van der Waals surface area contributed by atoms with Gasteiger partial charge in [-0.1, -0.05) is 50.3 Å². The highest BCUT2D eigenvalue weighted by atomic mass is 16.6. The largest absolute Gasteiger partial charge is 0.482 e. The summed E-state index contributed by atoms with van der Waals surface area (Å²) in [7, 11) is 0. The number of carbonyl (C=O) groups is 1. The molecule has 23 heavy (non-hydrogen) atoms. The average molecular weight is 316 g/mol. The predicted octanol–water partition coefficient (Wildman–Crippen LogP) is 4.75. The molecule has 0 N–H and O–H groups in total.